The predicted molar refractivity (Wildman–Crippen MR) is 132 cm³/mol. The van der Waals surface area contributed by atoms with Gasteiger partial charge in [0, 0.05) is 21.7 Å². The van der Waals surface area contributed by atoms with Crippen LogP contribution in [0.5, 0.6) is 0 Å². The van der Waals surface area contributed by atoms with Gasteiger partial charge in [0.05, 0.1) is 24.3 Å². The van der Waals surface area contributed by atoms with Crippen molar-refractivity contribution >= 4 is 40.8 Å². The summed E-state index contributed by atoms with van der Waals surface area (Å²) in [5.74, 6) is -0.611. The fraction of sp³-hybridized carbons (Fsp3) is 0.231. The molecular formula is C26H23Cl2N3O3. The number of esters is 1. The van der Waals surface area contributed by atoms with Gasteiger partial charge in [-0.15, -0.1) is 0 Å². The second-order valence-corrected chi connectivity index (χ2v) is 9.16. The van der Waals surface area contributed by atoms with Crippen LogP contribution in [0.25, 0.3) is 0 Å². The Morgan fingerprint density at radius 2 is 1.68 bits per heavy atom. The van der Waals surface area contributed by atoms with Gasteiger partial charge in [0.2, 0.25) is 5.91 Å². The van der Waals surface area contributed by atoms with Crippen LogP contribution in [0.2, 0.25) is 10.0 Å². The van der Waals surface area contributed by atoms with Crippen molar-refractivity contribution in [3.63, 3.8) is 0 Å². The van der Waals surface area contributed by atoms with Crippen molar-refractivity contribution in [3.05, 3.63) is 99.5 Å². The Balaban J connectivity index is 1.59. The SMILES string of the molecule is CCOC(=O)c1ccc(N2C(=O)C3NNC(c4ccccc4)C3C2c2ccc(Cl)cc2Cl)cc1. The first-order valence-electron chi connectivity index (χ1n) is 11.1. The summed E-state index contributed by atoms with van der Waals surface area (Å²) in [6, 6.07) is 21.4. The van der Waals surface area contributed by atoms with Crippen molar-refractivity contribution in [2.45, 2.75) is 25.0 Å². The van der Waals surface area contributed by atoms with E-state index in [0.29, 0.717) is 27.9 Å². The first-order valence-corrected chi connectivity index (χ1v) is 11.9. The molecule has 8 heteroatoms. The van der Waals surface area contributed by atoms with Crippen LogP contribution in [0.4, 0.5) is 5.69 Å². The van der Waals surface area contributed by atoms with Crippen molar-refractivity contribution in [1.29, 1.82) is 0 Å². The summed E-state index contributed by atoms with van der Waals surface area (Å²) < 4.78 is 5.09. The summed E-state index contributed by atoms with van der Waals surface area (Å²) in [6.07, 6.45) is 0. The van der Waals surface area contributed by atoms with Crippen LogP contribution in [-0.4, -0.2) is 24.5 Å². The Bertz CT molecular complexity index is 1220. The van der Waals surface area contributed by atoms with E-state index in [1.807, 2.05) is 36.4 Å². The molecule has 0 radical (unpaired) electrons. The number of hydrazine groups is 1. The average Bonchev–Trinajstić information content (AvgIpc) is 3.39. The summed E-state index contributed by atoms with van der Waals surface area (Å²) in [5.41, 5.74) is 9.52. The standard InChI is InChI=1S/C26H23Cl2N3O3/c1-2-34-26(33)16-8-11-18(12-9-16)31-24(19-13-10-17(27)14-20(19)28)21-22(15-6-4-3-5-7-15)29-30-23(21)25(31)32/h3-14,21-24,29-30H,2H2,1H3. The summed E-state index contributed by atoms with van der Waals surface area (Å²) >= 11 is 12.9. The number of hydrogen-bond acceptors (Lipinski definition) is 5. The number of carbonyl (C=O) groups is 2. The second kappa shape index (κ2) is 9.39. The number of fused-ring (bicyclic) bond motifs is 1. The molecule has 2 fully saturated rings. The van der Waals surface area contributed by atoms with Crippen LogP contribution >= 0.6 is 23.2 Å². The monoisotopic (exact) mass is 495 g/mol. The highest BCUT2D eigenvalue weighted by atomic mass is 35.5. The predicted octanol–water partition coefficient (Wildman–Crippen LogP) is 5.09. The molecule has 0 aromatic heterocycles. The molecule has 3 aromatic rings. The number of anilines is 1. The van der Waals surface area contributed by atoms with Gasteiger partial charge in [0.1, 0.15) is 6.04 Å². The van der Waals surface area contributed by atoms with Gasteiger partial charge in [-0.05, 0) is 54.4 Å². The molecule has 4 atom stereocenters. The summed E-state index contributed by atoms with van der Waals surface area (Å²) in [7, 11) is 0. The van der Waals surface area contributed by atoms with E-state index in [9.17, 15) is 9.59 Å². The normalized spacial score (nSPS) is 23.7. The molecule has 0 spiro atoms. The van der Waals surface area contributed by atoms with Gasteiger partial charge >= 0.3 is 5.97 Å². The molecule has 0 saturated carbocycles. The molecule has 2 N–H and O–H groups in total. The first kappa shape index (κ1) is 22.9. The average molecular weight is 496 g/mol. The Labute approximate surface area is 207 Å². The lowest BCUT2D eigenvalue weighted by Gasteiger charge is -2.32. The minimum absolute atomic E-state index is 0.0733. The van der Waals surface area contributed by atoms with Crippen LogP contribution in [0.15, 0.2) is 72.8 Å². The van der Waals surface area contributed by atoms with Crippen molar-refractivity contribution < 1.29 is 14.3 Å². The molecule has 174 valence electrons. The molecule has 2 heterocycles. The smallest absolute Gasteiger partial charge is 0.338 e. The minimum atomic E-state index is -0.452. The number of ether oxygens (including phenoxy) is 1. The van der Waals surface area contributed by atoms with Crippen molar-refractivity contribution in [1.82, 2.24) is 10.9 Å². The van der Waals surface area contributed by atoms with Gasteiger partial charge in [0.15, 0.2) is 0 Å². The van der Waals surface area contributed by atoms with E-state index in [1.54, 1.807) is 48.2 Å². The fourth-order valence-electron chi connectivity index (χ4n) is 4.93. The van der Waals surface area contributed by atoms with Crippen molar-refractivity contribution in [2.24, 2.45) is 5.92 Å². The number of nitrogens with one attached hydrogen (secondary N) is 2. The third-order valence-electron chi connectivity index (χ3n) is 6.41. The fourth-order valence-corrected chi connectivity index (χ4v) is 5.45. The Morgan fingerprint density at radius 3 is 2.35 bits per heavy atom. The van der Waals surface area contributed by atoms with Gasteiger partial charge in [-0.25, -0.2) is 15.6 Å². The topological polar surface area (TPSA) is 70.7 Å². The zero-order chi connectivity index (χ0) is 23.8. The van der Waals surface area contributed by atoms with E-state index in [4.69, 9.17) is 27.9 Å². The number of rotatable bonds is 5. The van der Waals surface area contributed by atoms with E-state index >= 15 is 0 Å². The van der Waals surface area contributed by atoms with Gasteiger partial charge < -0.3 is 9.64 Å². The maximum Gasteiger partial charge on any atom is 0.338 e. The van der Waals surface area contributed by atoms with E-state index in [-0.39, 0.29) is 23.9 Å². The van der Waals surface area contributed by atoms with Crippen molar-refractivity contribution in [3.8, 4) is 0 Å². The Kier molecular flexibility index (Phi) is 6.32. The van der Waals surface area contributed by atoms with Crippen LogP contribution < -0.4 is 15.8 Å². The molecular weight excluding hydrogens is 473 g/mol. The van der Waals surface area contributed by atoms with Gasteiger partial charge in [-0.1, -0.05) is 59.6 Å². The molecule has 2 aliphatic rings. The van der Waals surface area contributed by atoms with Crippen LogP contribution in [0.1, 0.15) is 40.5 Å². The highest BCUT2D eigenvalue weighted by Crippen LogP contribution is 2.50. The number of nitrogens with zero attached hydrogens (tertiary/aromatic N) is 1. The molecule has 0 bridgehead atoms. The molecule has 2 aliphatic heterocycles. The van der Waals surface area contributed by atoms with Crippen LogP contribution in [-0.2, 0) is 9.53 Å². The van der Waals surface area contributed by atoms with Gasteiger partial charge in [-0.2, -0.15) is 0 Å². The number of carbonyl (C=O) groups excluding carboxylic acids is 2. The Morgan fingerprint density at radius 1 is 0.971 bits per heavy atom. The Hall–Kier alpha value is -2.90. The summed E-state index contributed by atoms with van der Waals surface area (Å²) in [4.78, 5) is 27.6. The summed E-state index contributed by atoms with van der Waals surface area (Å²) in [5, 5.41) is 1.03. The number of benzene rings is 3. The minimum Gasteiger partial charge on any atom is -0.462 e. The summed E-state index contributed by atoms with van der Waals surface area (Å²) in [6.45, 7) is 2.06. The lowest BCUT2D eigenvalue weighted by molar-refractivity contribution is -0.119. The molecule has 4 unspecified atom stereocenters. The van der Waals surface area contributed by atoms with Gasteiger partial charge in [0.25, 0.3) is 0 Å². The van der Waals surface area contributed by atoms with Crippen LogP contribution in [0, 0.1) is 5.92 Å². The van der Waals surface area contributed by atoms with E-state index in [1.165, 1.54) is 0 Å². The third-order valence-corrected chi connectivity index (χ3v) is 6.97. The molecule has 5 rings (SSSR count). The lowest BCUT2D eigenvalue weighted by atomic mass is 9.83. The van der Waals surface area contributed by atoms with Crippen molar-refractivity contribution in [2.75, 3.05) is 11.5 Å². The quantitative estimate of drug-likeness (QED) is 0.482. The number of amides is 1. The number of hydrogen-bond donors (Lipinski definition) is 2. The zero-order valence-corrected chi connectivity index (χ0v) is 19.9. The highest BCUT2D eigenvalue weighted by Gasteiger charge is 2.56. The second-order valence-electron chi connectivity index (χ2n) is 8.32. The molecule has 3 aromatic carbocycles. The molecule has 1 amide bonds. The largest absolute Gasteiger partial charge is 0.462 e. The lowest BCUT2D eigenvalue weighted by Crippen LogP contribution is -2.41. The maximum absolute atomic E-state index is 13.7. The third kappa shape index (κ3) is 3.97. The van der Waals surface area contributed by atoms with Crippen LogP contribution in [0.3, 0.4) is 0 Å². The highest BCUT2D eigenvalue weighted by molar-refractivity contribution is 6.35. The maximum atomic E-state index is 13.7. The zero-order valence-electron chi connectivity index (χ0n) is 18.4. The van der Waals surface area contributed by atoms with E-state index < -0.39 is 12.0 Å². The first-order chi connectivity index (χ1) is 16.5. The van der Waals surface area contributed by atoms with E-state index in [0.717, 1.165) is 11.1 Å². The number of halogens is 2. The molecule has 2 saturated heterocycles. The van der Waals surface area contributed by atoms with E-state index in [2.05, 4.69) is 10.9 Å². The van der Waals surface area contributed by atoms with Gasteiger partial charge in [-0.3, -0.25) is 4.79 Å². The molecule has 0 aliphatic carbocycles. The molecule has 34 heavy (non-hydrogen) atoms. The molecule has 6 nitrogen and oxygen atoms in total.